The van der Waals surface area contributed by atoms with Crippen LogP contribution in [0.1, 0.15) is 36.8 Å². The fourth-order valence-electron chi connectivity index (χ4n) is 5.35. The highest BCUT2D eigenvalue weighted by Gasteiger charge is 2.57. The van der Waals surface area contributed by atoms with Gasteiger partial charge < -0.3 is 14.7 Å². The SMILES string of the molecule is COc1ccc2c(c1)[C@]13CCN(C)[C@H](C2)[C@@H]1CCC[C@@H]3O. The Hall–Kier alpha value is -1.06. The molecule has 2 bridgehead atoms. The van der Waals surface area contributed by atoms with Gasteiger partial charge in [0.1, 0.15) is 5.75 Å². The maximum atomic E-state index is 10.9. The van der Waals surface area contributed by atoms with E-state index < -0.39 is 0 Å². The number of benzene rings is 1. The summed E-state index contributed by atoms with van der Waals surface area (Å²) in [6.45, 7) is 1.09. The lowest BCUT2D eigenvalue weighted by atomic mass is 9.51. The van der Waals surface area contributed by atoms with Crippen LogP contribution in [-0.4, -0.2) is 42.9 Å². The molecule has 1 aromatic rings. The van der Waals surface area contributed by atoms with Gasteiger partial charge in [0.05, 0.1) is 13.2 Å². The van der Waals surface area contributed by atoms with Crippen molar-refractivity contribution in [3.05, 3.63) is 29.3 Å². The molecule has 4 rings (SSSR count). The van der Waals surface area contributed by atoms with Crippen molar-refractivity contribution in [2.45, 2.75) is 49.7 Å². The van der Waals surface area contributed by atoms with Crippen molar-refractivity contribution in [3.8, 4) is 5.75 Å². The first-order valence-corrected chi connectivity index (χ1v) is 8.22. The molecule has 0 radical (unpaired) electrons. The van der Waals surface area contributed by atoms with Gasteiger partial charge in [0, 0.05) is 11.5 Å². The molecule has 3 heteroatoms. The number of piperidine rings is 1. The summed E-state index contributed by atoms with van der Waals surface area (Å²) in [6.07, 6.45) is 5.36. The van der Waals surface area contributed by atoms with Crippen molar-refractivity contribution in [3.63, 3.8) is 0 Å². The number of likely N-dealkylation sites (tertiary alicyclic amines) is 1. The van der Waals surface area contributed by atoms with Gasteiger partial charge in [-0.25, -0.2) is 0 Å². The van der Waals surface area contributed by atoms with Crippen LogP contribution in [0.3, 0.4) is 0 Å². The Bertz CT molecular complexity index is 558. The van der Waals surface area contributed by atoms with Gasteiger partial charge in [-0.1, -0.05) is 12.5 Å². The average molecular weight is 287 g/mol. The van der Waals surface area contributed by atoms with E-state index in [9.17, 15) is 5.11 Å². The van der Waals surface area contributed by atoms with Gasteiger partial charge in [-0.15, -0.1) is 0 Å². The van der Waals surface area contributed by atoms with E-state index in [2.05, 4.69) is 30.1 Å². The van der Waals surface area contributed by atoms with Crippen molar-refractivity contribution in [2.75, 3.05) is 20.7 Å². The molecule has 1 aliphatic heterocycles. The lowest BCUT2D eigenvalue weighted by Crippen LogP contribution is -2.64. The van der Waals surface area contributed by atoms with Crippen molar-refractivity contribution in [2.24, 2.45) is 5.92 Å². The van der Waals surface area contributed by atoms with Crippen LogP contribution in [0.2, 0.25) is 0 Å². The molecule has 1 heterocycles. The largest absolute Gasteiger partial charge is 0.497 e. The van der Waals surface area contributed by atoms with E-state index in [-0.39, 0.29) is 11.5 Å². The zero-order valence-corrected chi connectivity index (χ0v) is 13.0. The standard InChI is InChI=1S/C18H25NO2/c1-19-9-8-18-14(4-3-5-17(18)20)16(19)10-12-6-7-13(21-2)11-15(12)18/h6-7,11,14,16-17,20H,3-5,8-10H2,1-2H3/t14-,16+,17-,18-/m0/s1. The first kappa shape index (κ1) is 13.6. The number of fused-ring (bicyclic) bond motifs is 1. The molecule has 4 atom stereocenters. The molecule has 114 valence electrons. The van der Waals surface area contributed by atoms with Crippen LogP contribution >= 0.6 is 0 Å². The van der Waals surface area contributed by atoms with Gasteiger partial charge in [0.25, 0.3) is 0 Å². The number of aliphatic hydroxyl groups excluding tert-OH is 1. The second kappa shape index (κ2) is 4.72. The highest BCUT2D eigenvalue weighted by molar-refractivity contribution is 5.46. The van der Waals surface area contributed by atoms with E-state index in [0.717, 1.165) is 38.0 Å². The van der Waals surface area contributed by atoms with E-state index in [0.29, 0.717) is 12.0 Å². The Morgan fingerprint density at radius 3 is 3.00 bits per heavy atom. The molecule has 1 saturated heterocycles. The zero-order chi connectivity index (χ0) is 14.6. The minimum absolute atomic E-state index is 0.0302. The second-order valence-electron chi connectivity index (χ2n) is 7.12. The summed E-state index contributed by atoms with van der Waals surface area (Å²) in [6, 6.07) is 7.09. The lowest BCUT2D eigenvalue weighted by molar-refractivity contribution is -0.0746. The average Bonchev–Trinajstić information content (AvgIpc) is 2.51. The van der Waals surface area contributed by atoms with Crippen LogP contribution in [0.15, 0.2) is 18.2 Å². The Morgan fingerprint density at radius 1 is 1.33 bits per heavy atom. The van der Waals surface area contributed by atoms with Crippen molar-refractivity contribution >= 4 is 0 Å². The minimum atomic E-state index is -0.196. The summed E-state index contributed by atoms with van der Waals surface area (Å²) in [7, 11) is 3.98. The van der Waals surface area contributed by atoms with Gasteiger partial charge in [0.15, 0.2) is 0 Å². The quantitative estimate of drug-likeness (QED) is 0.860. The number of rotatable bonds is 1. The van der Waals surface area contributed by atoms with Crippen molar-refractivity contribution < 1.29 is 9.84 Å². The molecule has 1 N–H and O–H groups in total. The van der Waals surface area contributed by atoms with E-state index in [1.807, 2.05) is 0 Å². The van der Waals surface area contributed by atoms with Crippen LogP contribution in [0.25, 0.3) is 0 Å². The molecular formula is C18H25NO2. The molecule has 2 aliphatic carbocycles. The predicted molar refractivity (Wildman–Crippen MR) is 82.8 cm³/mol. The molecule has 0 unspecified atom stereocenters. The Balaban J connectivity index is 1.91. The number of hydrogen-bond donors (Lipinski definition) is 1. The number of nitrogens with zero attached hydrogens (tertiary/aromatic N) is 1. The van der Waals surface area contributed by atoms with Crippen LogP contribution in [0.5, 0.6) is 5.75 Å². The first-order chi connectivity index (χ1) is 10.2. The summed E-state index contributed by atoms with van der Waals surface area (Å²) >= 11 is 0. The number of aliphatic hydroxyl groups is 1. The zero-order valence-electron chi connectivity index (χ0n) is 13.0. The predicted octanol–water partition coefficient (Wildman–Crippen LogP) is 2.35. The Labute approximate surface area is 126 Å². The lowest BCUT2D eigenvalue weighted by Gasteiger charge is -2.60. The maximum Gasteiger partial charge on any atom is 0.119 e. The van der Waals surface area contributed by atoms with Crippen LogP contribution < -0.4 is 4.74 Å². The van der Waals surface area contributed by atoms with E-state index >= 15 is 0 Å². The van der Waals surface area contributed by atoms with Crippen molar-refractivity contribution in [1.29, 1.82) is 0 Å². The van der Waals surface area contributed by atoms with Gasteiger partial charge >= 0.3 is 0 Å². The monoisotopic (exact) mass is 287 g/mol. The number of methoxy groups -OCH3 is 1. The van der Waals surface area contributed by atoms with E-state index in [4.69, 9.17) is 4.74 Å². The number of hydrogen-bond acceptors (Lipinski definition) is 3. The van der Waals surface area contributed by atoms with Gasteiger partial charge in [-0.2, -0.15) is 0 Å². The molecule has 0 spiro atoms. The molecule has 1 aromatic carbocycles. The van der Waals surface area contributed by atoms with Crippen LogP contribution in [0, 0.1) is 5.92 Å². The summed E-state index contributed by atoms with van der Waals surface area (Å²) in [5.41, 5.74) is 2.77. The third kappa shape index (κ3) is 1.74. The second-order valence-corrected chi connectivity index (χ2v) is 7.12. The van der Waals surface area contributed by atoms with Crippen LogP contribution in [-0.2, 0) is 11.8 Å². The molecule has 2 fully saturated rings. The summed E-state index contributed by atoms with van der Waals surface area (Å²) in [5.74, 6) is 1.52. The molecule has 3 aliphatic rings. The van der Waals surface area contributed by atoms with E-state index in [1.54, 1.807) is 7.11 Å². The molecule has 0 aromatic heterocycles. The van der Waals surface area contributed by atoms with Gasteiger partial charge in [0.2, 0.25) is 0 Å². The Morgan fingerprint density at radius 2 is 2.19 bits per heavy atom. The van der Waals surface area contributed by atoms with E-state index in [1.165, 1.54) is 17.5 Å². The highest BCUT2D eigenvalue weighted by atomic mass is 16.5. The summed E-state index contributed by atoms with van der Waals surface area (Å²) < 4.78 is 5.46. The highest BCUT2D eigenvalue weighted by Crippen LogP contribution is 2.55. The number of ether oxygens (including phenoxy) is 1. The molecule has 21 heavy (non-hydrogen) atoms. The van der Waals surface area contributed by atoms with Gasteiger partial charge in [-0.3, -0.25) is 0 Å². The Kier molecular flexibility index (Phi) is 3.05. The topological polar surface area (TPSA) is 32.7 Å². The fraction of sp³-hybridized carbons (Fsp3) is 0.667. The number of likely N-dealkylation sites (N-methyl/N-ethyl adjacent to an activating group) is 1. The van der Waals surface area contributed by atoms with Crippen molar-refractivity contribution in [1.82, 2.24) is 4.90 Å². The van der Waals surface area contributed by atoms with Crippen LogP contribution in [0.4, 0.5) is 0 Å². The molecule has 3 nitrogen and oxygen atoms in total. The normalized spacial score (nSPS) is 38.5. The smallest absolute Gasteiger partial charge is 0.119 e. The molecular weight excluding hydrogens is 262 g/mol. The van der Waals surface area contributed by atoms with Gasteiger partial charge in [-0.05, 0) is 68.5 Å². The fourth-order valence-corrected chi connectivity index (χ4v) is 5.35. The summed E-state index contributed by atoms with van der Waals surface area (Å²) in [4.78, 5) is 2.52. The molecule has 0 amide bonds. The third-order valence-corrected chi connectivity index (χ3v) is 6.41. The first-order valence-electron chi connectivity index (χ1n) is 8.22. The minimum Gasteiger partial charge on any atom is -0.497 e. The maximum absolute atomic E-state index is 10.9. The molecule has 1 saturated carbocycles. The third-order valence-electron chi connectivity index (χ3n) is 6.41. The summed E-state index contributed by atoms with van der Waals surface area (Å²) in [5, 5.41) is 10.9.